The Morgan fingerprint density at radius 2 is 2.22 bits per heavy atom. The molecule has 0 amide bonds. The van der Waals surface area contributed by atoms with E-state index in [9.17, 15) is 9.18 Å². The lowest BCUT2D eigenvalue weighted by molar-refractivity contribution is -0.119. The van der Waals surface area contributed by atoms with E-state index in [-0.39, 0.29) is 18.0 Å². The number of hydrogen-bond acceptors (Lipinski definition) is 3. The van der Waals surface area contributed by atoms with Gasteiger partial charge in [-0.25, -0.2) is 4.39 Å². The highest BCUT2D eigenvalue weighted by Gasteiger charge is 2.17. The standard InChI is InChI=1S/C14H14FNOS/c1-9-4-5-11(15)7-10(9)8-12(17)14(16)13-3-2-6-18-13/h2-7,14H,8,16H2,1H3. The molecule has 0 bridgehead atoms. The smallest absolute Gasteiger partial charge is 0.159 e. The Hall–Kier alpha value is -1.52. The Balaban J connectivity index is 2.14. The molecule has 0 aliphatic heterocycles. The SMILES string of the molecule is Cc1ccc(F)cc1CC(=O)C(N)c1cccs1. The maximum atomic E-state index is 13.1. The summed E-state index contributed by atoms with van der Waals surface area (Å²) < 4.78 is 13.1. The van der Waals surface area contributed by atoms with Gasteiger partial charge in [0.25, 0.3) is 0 Å². The third-order valence-electron chi connectivity index (χ3n) is 2.87. The molecular formula is C14H14FNOS. The number of hydrogen-bond donors (Lipinski definition) is 1. The van der Waals surface area contributed by atoms with Gasteiger partial charge in [-0.3, -0.25) is 4.79 Å². The summed E-state index contributed by atoms with van der Waals surface area (Å²) in [6.45, 7) is 1.86. The van der Waals surface area contributed by atoms with Crippen LogP contribution in [0.5, 0.6) is 0 Å². The van der Waals surface area contributed by atoms with Crippen LogP contribution < -0.4 is 5.73 Å². The summed E-state index contributed by atoms with van der Waals surface area (Å²) in [6, 6.07) is 7.55. The largest absolute Gasteiger partial charge is 0.317 e. The van der Waals surface area contributed by atoms with Crippen molar-refractivity contribution < 1.29 is 9.18 Å². The Morgan fingerprint density at radius 3 is 2.89 bits per heavy atom. The van der Waals surface area contributed by atoms with Crippen LogP contribution in [0.4, 0.5) is 4.39 Å². The molecule has 0 fully saturated rings. The highest BCUT2D eigenvalue weighted by atomic mass is 32.1. The van der Waals surface area contributed by atoms with Gasteiger partial charge in [-0.15, -0.1) is 11.3 Å². The van der Waals surface area contributed by atoms with Gasteiger partial charge in [0.05, 0.1) is 6.04 Å². The number of carbonyl (C=O) groups excluding carboxylic acids is 1. The van der Waals surface area contributed by atoms with Crippen LogP contribution in [0, 0.1) is 12.7 Å². The molecule has 1 unspecified atom stereocenters. The van der Waals surface area contributed by atoms with Crippen molar-refractivity contribution in [3.63, 3.8) is 0 Å². The second-order valence-electron chi connectivity index (χ2n) is 4.21. The van der Waals surface area contributed by atoms with Crippen molar-refractivity contribution in [2.45, 2.75) is 19.4 Å². The minimum Gasteiger partial charge on any atom is -0.317 e. The summed E-state index contributed by atoms with van der Waals surface area (Å²) in [5, 5.41) is 1.88. The van der Waals surface area contributed by atoms with Crippen LogP contribution in [-0.2, 0) is 11.2 Å². The quantitative estimate of drug-likeness (QED) is 0.921. The maximum Gasteiger partial charge on any atom is 0.159 e. The Morgan fingerprint density at radius 1 is 1.44 bits per heavy atom. The third kappa shape index (κ3) is 2.83. The molecule has 0 radical (unpaired) electrons. The summed E-state index contributed by atoms with van der Waals surface area (Å²) in [5.74, 6) is -0.417. The van der Waals surface area contributed by atoms with E-state index in [1.165, 1.54) is 23.5 Å². The molecule has 0 aliphatic rings. The predicted octanol–water partition coefficient (Wildman–Crippen LogP) is 3.01. The lowest BCUT2D eigenvalue weighted by atomic mass is 9.99. The molecule has 1 atom stereocenters. The van der Waals surface area contributed by atoms with E-state index in [4.69, 9.17) is 5.73 Å². The van der Waals surface area contributed by atoms with Crippen molar-refractivity contribution in [3.8, 4) is 0 Å². The fraction of sp³-hybridized carbons (Fsp3) is 0.214. The third-order valence-corrected chi connectivity index (χ3v) is 3.83. The molecule has 0 aliphatic carbocycles. The van der Waals surface area contributed by atoms with Crippen LogP contribution in [0.25, 0.3) is 0 Å². The van der Waals surface area contributed by atoms with Crippen LogP contribution >= 0.6 is 11.3 Å². The molecule has 94 valence electrons. The molecule has 0 spiro atoms. The second kappa shape index (κ2) is 5.42. The van der Waals surface area contributed by atoms with E-state index in [1.54, 1.807) is 6.07 Å². The molecule has 1 aromatic carbocycles. The van der Waals surface area contributed by atoms with Gasteiger partial charge in [-0.2, -0.15) is 0 Å². The molecule has 18 heavy (non-hydrogen) atoms. The van der Waals surface area contributed by atoms with Gasteiger partial charge in [0.1, 0.15) is 5.82 Å². The van der Waals surface area contributed by atoms with Gasteiger partial charge in [0.15, 0.2) is 5.78 Å². The van der Waals surface area contributed by atoms with E-state index in [1.807, 2.05) is 24.4 Å². The second-order valence-corrected chi connectivity index (χ2v) is 5.19. The van der Waals surface area contributed by atoms with Gasteiger partial charge in [-0.05, 0) is 41.6 Å². The number of carbonyl (C=O) groups is 1. The highest BCUT2D eigenvalue weighted by Crippen LogP contribution is 2.20. The van der Waals surface area contributed by atoms with Gasteiger partial charge in [-0.1, -0.05) is 12.1 Å². The monoisotopic (exact) mass is 263 g/mol. The van der Waals surface area contributed by atoms with Gasteiger partial charge in [0.2, 0.25) is 0 Å². The number of thiophene rings is 1. The summed E-state index contributed by atoms with van der Waals surface area (Å²) in [6.07, 6.45) is 0.169. The summed E-state index contributed by atoms with van der Waals surface area (Å²) >= 11 is 1.46. The molecule has 0 saturated carbocycles. The fourth-order valence-electron chi connectivity index (χ4n) is 1.76. The van der Waals surface area contributed by atoms with Crippen molar-refractivity contribution >= 4 is 17.1 Å². The molecule has 2 aromatic rings. The summed E-state index contributed by atoms with van der Waals surface area (Å²) in [7, 11) is 0. The van der Waals surface area contributed by atoms with Gasteiger partial charge >= 0.3 is 0 Å². The lowest BCUT2D eigenvalue weighted by Gasteiger charge is -2.10. The van der Waals surface area contributed by atoms with Crippen LogP contribution in [0.2, 0.25) is 0 Å². The number of rotatable bonds is 4. The van der Waals surface area contributed by atoms with Crippen LogP contribution in [0.1, 0.15) is 22.0 Å². The van der Waals surface area contributed by atoms with E-state index in [0.717, 1.165) is 10.4 Å². The molecule has 2 N–H and O–H groups in total. The zero-order valence-electron chi connectivity index (χ0n) is 10.0. The number of nitrogens with two attached hydrogens (primary N) is 1. The molecule has 2 rings (SSSR count). The number of benzene rings is 1. The predicted molar refractivity (Wildman–Crippen MR) is 71.1 cm³/mol. The normalized spacial score (nSPS) is 12.4. The molecule has 1 aromatic heterocycles. The van der Waals surface area contributed by atoms with E-state index >= 15 is 0 Å². The molecule has 0 saturated heterocycles. The molecule has 1 heterocycles. The average molecular weight is 263 g/mol. The van der Waals surface area contributed by atoms with Crippen LogP contribution in [-0.4, -0.2) is 5.78 Å². The van der Waals surface area contributed by atoms with E-state index in [0.29, 0.717) is 5.56 Å². The Labute approximate surface area is 109 Å². The van der Waals surface area contributed by atoms with E-state index < -0.39 is 6.04 Å². The number of aryl methyl sites for hydroxylation is 1. The fourth-order valence-corrected chi connectivity index (χ4v) is 2.50. The number of halogens is 1. The van der Waals surface area contributed by atoms with Crippen LogP contribution in [0.15, 0.2) is 35.7 Å². The Kier molecular flexibility index (Phi) is 3.89. The lowest BCUT2D eigenvalue weighted by Crippen LogP contribution is -2.22. The average Bonchev–Trinajstić information content (AvgIpc) is 2.86. The zero-order valence-corrected chi connectivity index (χ0v) is 10.8. The molecule has 2 nitrogen and oxygen atoms in total. The van der Waals surface area contributed by atoms with Gasteiger partial charge in [0, 0.05) is 11.3 Å². The maximum absolute atomic E-state index is 13.1. The minimum atomic E-state index is -0.618. The Bertz CT molecular complexity index is 551. The van der Waals surface area contributed by atoms with Crippen molar-refractivity contribution in [2.24, 2.45) is 5.73 Å². The summed E-state index contributed by atoms with van der Waals surface area (Å²) in [4.78, 5) is 12.9. The van der Waals surface area contributed by atoms with Crippen molar-refractivity contribution in [1.29, 1.82) is 0 Å². The first-order valence-electron chi connectivity index (χ1n) is 5.64. The van der Waals surface area contributed by atoms with E-state index in [2.05, 4.69) is 0 Å². The first-order valence-corrected chi connectivity index (χ1v) is 6.52. The van der Waals surface area contributed by atoms with Crippen molar-refractivity contribution in [1.82, 2.24) is 0 Å². The minimum absolute atomic E-state index is 0.0915. The topological polar surface area (TPSA) is 43.1 Å². The molecular weight excluding hydrogens is 249 g/mol. The molecule has 4 heteroatoms. The highest BCUT2D eigenvalue weighted by molar-refractivity contribution is 7.10. The summed E-state index contributed by atoms with van der Waals surface area (Å²) in [5.41, 5.74) is 7.49. The zero-order chi connectivity index (χ0) is 13.1. The number of ketones is 1. The van der Waals surface area contributed by atoms with Gasteiger partial charge < -0.3 is 5.73 Å². The van der Waals surface area contributed by atoms with Crippen molar-refractivity contribution in [3.05, 3.63) is 57.5 Å². The number of Topliss-reactive ketones (excluding diaryl/α,β-unsaturated/α-hetero) is 1. The van der Waals surface area contributed by atoms with Crippen molar-refractivity contribution in [2.75, 3.05) is 0 Å². The van der Waals surface area contributed by atoms with Crippen LogP contribution in [0.3, 0.4) is 0 Å². The first-order chi connectivity index (χ1) is 8.58. The first kappa shape index (κ1) is 12.9.